The topological polar surface area (TPSA) is 157 Å². The maximum Gasteiger partial charge on any atom is 0.255 e. The van der Waals surface area contributed by atoms with Crippen LogP contribution in [-0.4, -0.2) is 58.8 Å². The first-order valence-electron chi connectivity index (χ1n) is 13.7. The predicted molar refractivity (Wildman–Crippen MR) is 159 cm³/mol. The Bertz CT molecular complexity index is 1310. The molecule has 3 rings (SSSR count). The molecular formula is C30H38N8O4. The fourth-order valence-electron chi connectivity index (χ4n) is 3.93. The summed E-state index contributed by atoms with van der Waals surface area (Å²) in [5.74, 6) is -1.27. The first-order chi connectivity index (χ1) is 20.2. The Morgan fingerprint density at radius 1 is 0.786 bits per heavy atom. The standard InChI is InChI=1S/C30H38N8O4/c1-21(37-30(42)22(2)36-23(3)39)29(41)34-17-14-24-10-12-27(13-11-24)38(35-19-26-9-5-7-16-33-26)28(40)20-31-18-25-8-4-6-15-32-25/h4-13,15-16,21-22,31,35H,14,17-20H2,1-3H3,(H,34,41)(H,36,39)(H,37,42). The van der Waals surface area contributed by atoms with Crippen LogP contribution in [0.1, 0.15) is 37.7 Å². The lowest BCUT2D eigenvalue weighted by Crippen LogP contribution is -2.51. The van der Waals surface area contributed by atoms with Crippen molar-refractivity contribution in [3.63, 3.8) is 0 Å². The summed E-state index contributed by atoms with van der Waals surface area (Å²) in [6, 6.07) is 17.2. The predicted octanol–water partition coefficient (Wildman–Crippen LogP) is 0.992. The van der Waals surface area contributed by atoms with Crippen LogP contribution >= 0.6 is 0 Å². The first kappa shape index (κ1) is 31.8. The van der Waals surface area contributed by atoms with E-state index >= 15 is 0 Å². The Hall–Kier alpha value is -4.68. The van der Waals surface area contributed by atoms with Gasteiger partial charge in [-0.1, -0.05) is 24.3 Å². The van der Waals surface area contributed by atoms with E-state index in [-0.39, 0.29) is 24.3 Å². The molecule has 4 amide bonds. The van der Waals surface area contributed by atoms with Gasteiger partial charge in [0.25, 0.3) is 5.91 Å². The monoisotopic (exact) mass is 574 g/mol. The number of nitrogens with zero attached hydrogens (tertiary/aromatic N) is 3. The zero-order chi connectivity index (χ0) is 30.3. The minimum absolute atomic E-state index is 0.0951. The summed E-state index contributed by atoms with van der Waals surface area (Å²) in [6.45, 7) is 5.73. The maximum absolute atomic E-state index is 13.2. The van der Waals surface area contributed by atoms with Gasteiger partial charge in [-0.3, -0.25) is 29.1 Å². The molecule has 42 heavy (non-hydrogen) atoms. The van der Waals surface area contributed by atoms with Crippen molar-refractivity contribution in [2.75, 3.05) is 18.1 Å². The fourth-order valence-corrected chi connectivity index (χ4v) is 3.93. The average Bonchev–Trinajstić information content (AvgIpc) is 2.98. The van der Waals surface area contributed by atoms with Crippen molar-refractivity contribution < 1.29 is 19.2 Å². The lowest BCUT2D eigenvalue weighted by atomic mass is 10.1. The summed E-state index contributed by atoms with van der Waals surface area (Å²) in [4.78, 5) is 57.4. The van der Waals surface area contributed by atoms with Gasteiger partial charge in [0.05, 0.1) is 30.2 Å². The summed E-state index contributed by atoms with van der Waals surface area (Å²) >= 11 is 0. The Morgan fingerprint density at radius 3 is 2.00 bits per heavy atom. The highest BCUT2D eigenvalue weighted by Gasteiger charge is 2.20. The van der Waals surface area contributed by atoms with E-state index in [1.54, 1.807) is 26.2 Å². The number of anilines is 1. The maximum atomic E-state index is 13.2. The molecule has 1 aromatic carbocycles. The molecule has 222 valence electrons. The van der Waals surface area contributed by atoms with Gasteiger partial charge in [-0.15, -0.1) is 0 Å². The summed E-state index contributed by atoms with van der Waals surface area (Å²) < 4.78 is 0. The van der Waals surface area contributed by atoms with Crippen molar-refractivity contribution in [1.29, 1.82) is 0 Å². The molecule has 0 fully saturated rings. The van der Waals surface area contributed by atoms with Crippen molar-refractivity contribution >= 4 is 29.3 Å². The second-order valence-electron chi connectivity index (χ2n) is 9.67. The fraction of sp³-hybridized carbons (Fsp3) is 0.333. The zero-order valence-corrected chi connectivity index (χ0v) is 24.1. The van der Waals surface area contributed by atoms with Gasteiger partial charge in [0, 0.05) is 32.4 Å². The van der Waals surface area contributed by atoms with E-state index in [4.69, 9.17) is 0 Å². The average molecular weight is 575 g/mol. The van der Waals surface area contributed by atoms with E-state index in [1.807, 2.05) is 60.7 Å². The smallest absolute Gasteiger partial charge is 0.255 e. The van der Waals surface area contributed by atoms with Gasteiger partial charge in [-0.25, -0.2) is 10.4 Å². The van der Waals surface area contributed by atoms with Crippen LogP contribution in [0.4, 0.5) is 5.69 Å². The molecular weight excluding hydrogens is 536 g/mol. The van der Waals surface area contributed by atoms with E-state index in [1.165, 1.54) is 11.9 Å². The van der Waals surface area contributed by atoms with Crippen LogP contribution in [0.3, 0.4) is 0 Å². The molecule has 0 bridgehead atoms. The molecule has 2 aromatic heterocycles. The van der Waals surface area contributed by atoms with Gasteiger partial charge in [0.2, 0.25) is 17.7 Å². The number of carbonyl (C=O) groups is 4. The third-order valence-electron chi connectivity index (χ3n) is 6.17. The van der Waals surface area contributed by atoms with Gasteiger partial charge < -0.3 is 21.3 Å². The van der Waals surface area contributed by atoms with E-state index in [9.17, 15) is 19.2 Å². The zero-order valence-electron chi connectivity index (χ0n) is 24.1. The Morgan fingerprint density at radius 2 is 1.40 bits per heavy atom. The van der Waals surface area contributed by atoms with Crippen LogP contribution in [0.15, 0.2) is 73.1 Å². The Balaban J connectivity index is 1.54. The van der Waals surface area contributed by atoms with Crippen LogP contribution in [0.5, 0.6) is 0 Å². The number of pyridine rings is 2. The minimum Gasteiger partial charge on any atom is -0.354 e. The van der Waals surface area contributed by atoms with Crippen molar-refractivity contribution in [2.45, 2.75) is 52.4 Å². The molecule has 3 aromatic rings. The van der Waals surface area contributed by atoms with Crippen LogP contribution in [-0.2, 0) is 38.7 Å². The second kappa shape index (κ2) is 16.6. The molecule has 12 heteroatoms. The van der Waals surface area contributed by atoms with E-state index in [0.717, 1.165) is 17.0 Å². The molecule has 0 aliphatic rings. The van der Waals surface area contributed by atoms with Gasteiger partial charge in [0.15, 0.2) is 0 Å². The van der Waals surface area contributed by atoms with Gasteiger partial charge in [-0.2, -0.15) is 0 Å². The Kier molecular flexibility index (Phi) is 12.5. The number of carbonyl (C=O) groups excluding carboxylic acids is 4. The molecule has 2 atom stereocenters. The first-order valence-corrected chi connectivity index (χ1v) is 13.7. The molecule has 0 radical (unpaired) electrons. The molecule has 0 saturated heterocycles. The number of amides is 4. The van der Waals surface area contributed by atoms with E-state index in [0.29, 0.717) is 31.7 Å². The van der Waals surface area contributed by atoms with Crippen LogP contribution in [0, 0.1) is 0 Å². The highest BCUT2D eigenvalue weighted by molar-refractivity contribution is 5.94. The van der Waals surface area contributed by atoms with Crippen molar-refractivity contribution in [1.82, 2.24) is 36.7 Å². The summed E-state index contributed by atoms with van der Waals surface area (Å²) in [7, 11) is 0. The summed E-state index contributed by atoms with van der Waals surface area (Å²) in [5.41, 5.74) is 6.42. The number of benzene rings is 1. The second-order valence-corrected chi connectivity index (χ2v) is 9.67. The number of hydrazine groups is 1. The van der Waals surface area contributed by atoms with Gasteiger partial charge >= 0.3 is 0 Å². The van der Waals surface area contributed by atoms with E-state index < -0.39 is 18.0 Å². The van der Waals surface area contributed by atoms with Crippen molar-refractivity contribution in [2.24, 2.45) is 0 Å². The third-order valence-corrected chi connectivity index (χ3v) is 6.17. The minimum atomic E-state index is -0.757. The molecule has 2 unspecified atom stereocenters. The van der Waals surface area contributed by atoms with Gasteiger partial charge in [0.1, 0.15) is 12.1 Å². The number of hydrogen-bond acceptors (Lipinski definition) is 8. The molecule has 0 saturated carbocycles. The SMILES string of the molecule is CC(=O)NC(C)C(=O)NC(C)C(=O)NCCc1ccc(N(NCc2ccccn2)C(=O)CNCc2ccccn2)cc1. The molecule has 12 nitrogen and oxygen atoms in total. The van der Waals surface area contributed by atoms with E-state index in [2.05, 4.69) is 36.7 Å². The summed E-state index contributed by atoms with van der Waals surface area (Å²) in [5, 5.41) is 12.5. The number of nitrogens with one attached hydrogen (secondary N) is 5. The lowest BCUT2D eigenvalue weighted by Gasteiger charge is -2.24. The molecule has 5 N–H and O–H groups in total. The van der Waals surface area contributed by atoms with Crippen LogP contribution < -0.4 is 31.7 Å². The van der Waals surface area contributed by atoms with Crippen LogP contribution in [0.2, 0.25) is 0 Å². The summed E-state index contributed by atoms with van der Waals surface area (Å²) in [6.07, 6.45) is 3.96. The molecule has 0 aliphatic carbocycles. The van der Waals surface area contributed by atoms with Gasteiger partial charge in [-0.05, 0) is 62.2 Å². The number of hydrogen-bond donors (Lipinski definition) is 5. The number of rotatable bonds is 15. The highest BCUT2D eigenvalue weighted by Crippen LogP contribution is 2.15. The van der Waals surface area contributed by atoms with Crippen molar-refractivity contribution in [3.8, 4) is 0 Å². The molecule has 0 aliphatic heterocycles. The molecule has 0 spiro atoms. The third kappa shape index (κ3) is 10.7. The van der Waals surface area contributed by atoms with Crippen molar-refractivity contribution in [3.05, 3.63) is 90.0 Å². The lowest BCUT2D eigenvalue weighted by molar-refractivity contribution is -0.131. The highest BCUT2D eigenvalue weighted by atomic mass is 16.2. The quantitative estimate of drug-likeness (QED) is 0.168. The largest absolute Gasteiger partial charge is 0.354 e. The number of aromatic nitrogens is 2. The normalized spacial score (nSPS) is 12.1. The Labute approximate surface area is 245 Å². The molecule has 2 heterocycles. The van der Waals surface area contributed by atoms with Crippen LogP contribution in [0.25, 0.3) is 0 Å².